The molecule has 1 aromatic heterocycles. The van der Waals surface area contributed by atoms with Crippen molar-refractivity contribution in [3.63, 3.8) is 0 Å². The van der Waals surface area contributed by atoms with Crippen molar-refractivity contribution in [2.24, 2.45) is 11.7 Å². The second-order valence-electron chi connectivity index (χ2n) is 6.83. The van der Waals surface area contributed by atoms with Gasteiger partial charge in [-0.1, -0.05) is 37.8 Å². The first-order valence-corrected chi connectivity index (χ1v) is 9.03. The second kappa shape index (κ2) is 9.20. The average molecular weight is 366 g/mol. The number of para-hydroxylation sites is 1. The number of amides is 1. The van der Waals surface area contributed by atoms with Gasteiger partial charge in [0.25, 0.3) is 0 Å². The van der Waals surface area contributed by atoms with Crippen LogP contribution in [0.25, 0.3) is 11.1 Å². The number of hydrogen-bond donors (Lipinski definition) is 2. The Balaban J connectivity index is 0.00000225. The van der Waals surface area contributed by atoms with Crippen LogP contribution in [0.3, 0.4) is 0 Å². The van der Waals surface area contributed by atoms with Gasteiger partial charge < -0.3 is 15.5 Å². The summed E-state index contributed by atoms with van der Waals surface area (Å²) in [5.74, 6) is 0.689. The lowest BCUT2D eigenvalue weighted by molar-refractivity contribution is -0.126. The van der Waals surface area contributed by atoms with Crippen LogP contribution in [0.2, 0.25) is 0 Å². The number of nitrogens with zero attached hydrogens (tertiary/aromatic N) is 1. The number of benzene rings is 1. The molecule has 6 heteroatoms. The molecule has 1 aliphatic rings. The first-order chi connectivity index (χ1) is 11.6. The number of nitrogens with one attached hydrogen (secondary N) is 1. The van der Waals surface area contributed by atoms with E-state index in [9.17, 15) is 4.79 Å². The number of rotatable bonds is 4. The van der Waals surface area contributed by atoms with Crippen LogP contribution in [-0.4, -0.2) is 23.5 Å². The molecule has 0 saturated heterocycles. The summed E-state index contributed by atoms with van der Waals surface area (Å²) >= 11 is 0. The molecule has 5 nitrogen and oxygen atoms in total. The van der Waals surface area contributed by atoms with E-state index in [-0.39, 0.29) is 30.3 Å². The van der Waals surface area contributed by atoms with E-state index < -0.39 is 0 Å². The maximum atomic E-state index is 12.4. The quantitative estimate of drug-likeness (QED) is 0.868. The zero-order chi connectivity index (χ0) is 16.9. The first-order valence-electron chi connectivity index (χ1n) is 9.03. The van der Waals surface area contributed by atoms with E-state index in [2.05, 4.69) is 10.3 Å². The van der Waals surface area contributed by atoms with Gasteiger partial charge in [0.15, 0.2) is 11.5 Å². The fourth-order valence-electron chi connectivity index (χ4n) is 3.50. The highest BCUT2D eigenvalue weighted by molar-refractivity contribution is 5.85. The molecule has 1 aliphatic carbocycles. The summed E-state index contributed by atoms with van der Waals surface area (Å²) in [6.07, 6.45) is 7.11. The molecule has 2 aromatic rings. The van der Waals surface area contributed by atoms with Crippen LogP contribution in [0.5, 0.6) is 0 Å². The standard InChI is InChI=1S/C19H27N3O2.ClH/c1-13-7-6-10-16-18(13)22-17(24-16)11-12-21-19(23)14-8-4-2-3-5-9-15(14)20;/h6-7,10,14-15H,2-5,8-9,11-12,20H2,1H3,(H,21,23);1H. The minimum Gasteiger partial charge on any atom is -0.441 e. The Hall–Kier alpha value is -1.59. The molecule has 2 unspecified atom stereocenters. The monoisotopic (exact) mass is 365 g/mol. The second-order valence-corrected chi connectivity index (χ2v) is 6.83. The molecule has 1 saturated carbocycles. The Morgan fingerprint density at radius 3 is 2.80 bits per heavy atom. The van der Waals surface area contributed by atoms with Crippen molar-refractivity contribution in [2.75, 3.05) is 6.54 Å². The molecular formula is C19H28ClN3O2. The maximum absolute atomic E-state index is 12.4. The molecule has 0 bridgehead atoms. The van der Waals surface area contributed by atoms with E-state index in [1.54, 1.807) is 0 Å². The highest BCUT2D eigenvalue weighted by Gasteiger charge is 2.25. The van der Waals surface area contributed by atoms with Crippen LogP contribution in [0.15, 0.2) is 22.6 Å². The lowest BCUT2D eigenvalue weighted by Gasteiger charge is -2.25. The van der Waals surface area contributed by atoms with Gasteiger partial charge in [-0.15, -0.1) is 12.4 Å². The molecule has 3 rings (SSSR count). The van der Waals surface area contributed by atoms with Crippen molar-refractivity contribution in [1.29, 1.82) is 0 Å². The Kier molecular flexibility index (Phi) is 7.26. The lowest BCUT2D eigenvalue weighted by Crippen LogP contribution is -2.43. The number of fused-ring (bicyclic) bond motifs is 1. The molecule has 0 radical (unpaired) electrons. The fraction of sp³-hybridized carbons (Fsp3) is 0.579. The molecule has 25 heavy (non-hydrogen) atoms. The average Bonchev–Trinajstić information content (AvgIpc) is 2.95. The van der Waals surface area contributed by atoms with Gasteiger partial charge in [0.1, 0.15) is 5.52 Å². The van der Waals surface area contributed by atoms with Crippen molar-refractivity contribution < 1.29 is 9.21 Å². The SMILES string of the molecule is Cc1cccc2oc(CCNC(=O)C3CCCCCCC3N)nc12.Cl. The third-order valence-electron chi connectivity index (χ3n) is 4.96. The van der Waals surface area contributed by atoms with Gasteiger partial charge >= 0.3 is 0 Å². The van der Waals surface area contributed by atoms with E-state index in [1.165, 1.54) is 12.8 Å². The van der Waals surface area contributed by atoms with Crippen molar-refractivity contribution in [3.8, 4) is 0 Å². The number of carbonyl (C=O) groups is 1. The van der Waals surface area contributed by atoms with E-state index in [1.807, 2.05) is 25.1 Å². The zero-order valence-corrected chi connectivity index (χ0v) is 15.6. The van der Waals surface area contributed by atoms with Crippen LogP contribution in [0, 0.1) is 12.8 Å². The first kappa shape index (κ1) is 19.7. The van der Waals surface area contributed by atoms with Gasteiger partial charge in [-0.2, -0.15) is 0 Å². The van der Waals surface area contributed by atoms with Crippen molar-refractivity contribution in [2.45, 2.75) is 57.9 Å². The Morgan fingerprint density at radius 1 is 1.28 bits per heavy atom. The Labute approximate surface area is 155 Å². The predicted octanol–water partition coefficient (Wildman–Crippen LogP) is 3.51. The summed E-state index contributed by atoms with van der Waals surface area (Å²) in [7, 11) is 0. The minimum atomic E-state index is -0.0591. The fourth-order valence-corrected chi connectivity index (χ4v) is 3.50. The summed E-state index contributed by atoms with van der Waals surface area (Å²) in [5, 5.41) is 3.02. The summed E-state index contributed by atoms with van der Waals surface area (Å²) in [6.45, 7) is 2.56. The number of oxazole rings is 1. The number of halogens is 1. The summed E-state index contributed by atoms with van der Waals surface area (Å²) < 4.78 is 5.75. The maximum Gasteiger partial charge on any atom is 0.224 e. The van der Waals surface area contributed by atoms with Crippen LogP contribution in [0.4, 0.5) is 0 Å². The van der Waals surface area contributed by atoms with Gasteiger partial charge in [-0.05, 0) is 31.4 Å². The number of carbonyl (C=O) groups excluding carboxylic acids is 1. The molecule has 0 spiro atoms. The number of aromatic nitrogens is 1. The smallest absolute Gasteiger partial charge is 0.224 e. The van der Waals surface area contributed by atoms with Crippen molar-refractivity contribution in [1.82, 2.24) is 10.3 Å². The van der Waals surface area contributed by atoms with Gasteiger partial charge in [-0.25, -0.2) is 4.98 Å². The summed E-state index contributed by atoms with van der Waals surface area (Å²) in [5.41, 5.74) is 9.02. The van der Waals surface area contributed by atoms with Crippen LogP contribution in [-0.2, 0) is 11.2 Å². The van der Waals surface area contributed by atoms with Gasteiger partial charge in [0, 0.05) is 19.0 Å². The molecular weight excluding hydrogens is 338 g/mol. The molecule has 1 heterocycles. The van der Waals surface area contributed by atoms with Gasteiger partial charge in [-0.3, -0.25) is 4.79 Å². The minimum absolute atomic E-state index is 0. The lowest BCUT2D eigenvalue weighted by atomic mass is 9.86. The van der Waals surface area contributed by atoms with E-state index in [0.717, 1.165) is 42.3 Å². The molecule has 0 aliphatic heterocycles. The third-order valence-corrected chi connectivity index (χ3v) is 4.96. The topological polar surface area (TPSA) is 81.2 Å². The molecule has 2 atom stereocenters. The van der Waals surface area contributed by atoms with Gasteiger partial charge in [0.2, 0.25) is 5.91 Å². The largest absolute Gasteiger partial charge is 0.441 e. The van der Waals surface area contributed by atoms with Gasteiger partial charge in [0.05, 0.1) is 5.92 Å². The summed E-state index contributed by atoms with van der Waals surface area (Å²) in [6, 6.07) is 5.89. The molecule has 1 fully saturated rings. The molecule has 138 valence electrons. The van der Waals surface area contributed by atoms with Crippen molar-refractivity contribution in [3.05, 3.63) is 29.7 Å². The van der Waals surface area contributed by atoms with E-state index in [4.69, 9.17) is 10.2 Å². The third kappa shape index (κ3) is 4.95. The Morgan fingerprint density at radius 2 is 2.04 bits per heavy atom. The number of nitrogens with two attached hydrogens (primary N) is 1. The molecule has 3 N–H and O–H groups in total. The molecule has 1 aromatic carbocycles. The predicted molar refractivity (Wildman–Crippen MR) is 102 cm³/mol. The highest BCUT2D eigenvalue weighted by Crippen LogP contribution is 2.22. The Bertz CT molecular complexity index is 701. The zero-order valence-electron chi connectivity index (χ0n) is 14.8. The van der Waals surface area contributed by atoms with Crippen LogP contribution in [0.1, 0.15) is 50.0 Å². The van der Waals surface area contributed by atoms with Crippen LogP contribution >= 0.6 is 12.4 Å². The van der Waals surface area contributed by atoms with Crippen LogP contribution < -0.4 is 11.1 Å². The highest BCUT2D eigenvalue weighted by atomic mass is 35.5. The normalized spacial score (nSPS) is 21.2. The number of aryl methyl sites for hydroxylation is 1. The number of hydrogen-bond acceptors (Lipinski definition) is 4. The van der Waals surface area contributed by atoms with Crippen molar-refractivity contribution >= 4 is 29.4 Å². The summed E-state index contributed by atoms with van der Waals surface area (Å²) in [4.78, 5) is 17.0. The molecule has 1 amide bonds. The van der Waals surface area contributed by atoms with E-state index in [0.29, 0.717) is 18.9 Å². The van der Waals surface area contributed by atoms with E-state index >= 15 is 0 Å².